The van der Waals surface area contributed by atoms with Crippen molar-refractivity contribution in [2.75, 3.05) is 0 Å². The molecule has 0 spiro atoms. The maximum atomic E-state index is 13.4. The minimum absolute atomic E-state index is 0.305. The van der Waals surface area contributed by atoms with Crippen molar-refractivity contribution in [1.29, 1.82) is 0 Å². The summed E-state index contributed by atoms with van der Waals surface area (Å²) in [4.78, 5) is 14.7. The molecule has 0 radical (unpaired) electrons. The Kier molecular flexibility index (Phi) is 3.35. The van der Waals surface area contributed by atoms with Crippen LogP contribution >= 0.6 is 22.6 Å². The zero-order valence-electron chi connectivity index (χ0n) is 10.3. The molecule has 0 aliphatic heterocycles. The van der Waals surface area contributed by atoms with Crippen molar-refractivity contribution < 1.29 is 13.9 Å². The van der Waals surface area contributed by atoms with E-state index in [0.29, 0.717) is 14.8 Å². The van der Waals surface area contributed by atoms with Gasteiger partial charge in [-0.05, 0) is 61.6 Å². The van der Waals surface area contributed by atoms with Crippen LogP contribution in [0.5, 0.6) is 0 Å². The van der Waals surface area contributed by atoms with Crippen molar-refractivity contribution in [2.24, 2.45) is 0 Å². The van der Waals surface area contributed by atoms with E-state index in [4.69, 9.17) is 4.74 Å². The molecule has 2 rings (SSSR count). The predicted molar refractivity (Wildman–Crippen MR) is 76.1 cm³/mol. The van der Waals surface area contributed by atoms with Crippen molar-refractivity contribution in [1.82, 2.24) is 4.98 Å². The van der Waals surface area contributed by atoms with Crippen LogP contribution in [0.2, 0.25) is 0 Å². The Balaban J connectivity index is 2.39. The minimum atomic E-state index is -0.548. The number of benzene rings is 1. The topological polar surface area (TPSA) is 42.1 Å². The van der Waals surface area contributed by atoms with E-state index < -0.39 is 11.6 Å². The number of hydrogen-bond acceptors (Lipinski definition) is 2. The standard InChI is InChI=1S/C13H13FINO2/c1-13(2,3)18-12(17)11-5-7-4-9(15)8(14)6-10(7)16-11/h4-6,16H,1-3H3. The van der Waals surface area contributed by atoms with E-state index in [9.17, 15) is 9.18 Å². The van der Waals surface area contributed by atoms with Crippen molar-refractivity contribution in [3.8, 4) is 0 Å². The molecule has 1 aromatic heterocycles. The summed E-state index contributed by atoms with van der Waals surface area (Å²) in [6.07, 6.45) is 0. The first-order chi connectivity index (χ1) is 8.26. The highest BCUT2D eigenvalue weighted by Gasteiger charge is 2.19. The summed E-state index contributed by atoms with van der Waals surface area (Å²) in [6, 6.07) is 4.74. The van der Waals surface area contributed by atoms with Crippen LogP contribution in [-0.2, 0) is 4.74 Å². The second-order valence-electron chi connectivity index (χ2n) is 5.04. The van der Waals surface area contributed by atoms with E-state index in [0.717, 1.165) is 5.39 Å². The van der Waals surface area contributed by atoms with Gasteiger partial charge in [-0.2, -0.15) is 0 Å². The third-order valence-corrected chi connectivity index (χ3v) is 3.11. The second-order valence-corrected chi connectivity index (χ2v) is 6.20. The zero-order valence-corrected chi connectivity index (χ0v) is 12.5. The highest BCUT2D eigenvalue weighted by molar-refractivity contribution is 14.1. The molecule has 0 fully saturated rings. The van der Waals surface area contributed by atoms with Crippen LogP contribution in [0, 0.1) is 9.39 Å². The van der Waals surface area contributed by atoms with Gasteiger partial charge in [0, 0.05) is 14.5 Å². The van der Waals surface area contributed by atoms with E-state index in [1.54, 1.807) is 32.9 Å². The van der Waals surface area contributed by atoms with E-state index in [-0.39, 0.29) is 5.82 Å². The lowest BCUT2D eigenvalue weighted by Crippen LogP contribution is -2.24. The third kappa shape index (κ3) is 2.82. The molecular formula is C13H13FINO2. The molecule has 0 amide bonds. The Morgan fingerprint density at radius 3 is 2.61 bits per heavy atom. The number of fused-ring (bicyclic) bond motifs is 1. The molecule has 3 nitrogen and oxygen atoms in total. The summed E-state index contributed by atoms with van der Waals surface area (Å²) >= 11 is 1.92. The first-order valence-corrected chi connectivity index (χ1v) is 6.55. The summed E-state index contributed by atoms with van der Waals surface area (Å²) in [6.45, 7) is 5.41. The molecular weight excluding hydrogens is 348 g/mol. The maximum Gasteiger partial charge on any atom is 0.355 e. The number of aromatic amines is 1. The lowest BCUT2D eigenvalue weighted by atomic mass is 10.2. The Morgan fingerprint density at radius 2 is 2.00 bits per heavy atom. The van der Waals surface area contributed by atoms with Gasteiger partial charge in [-0.1, -0.05) is 0 Å². The van der Waals surface area contributed by atoms with E-state index in [2.05, 4.69) is 4.98 Å². The van der Waals surface area contributed by atoms with Crippen LogP contribution in [0.3, 0.4) is 0 Å². The monoisotopic (exact) mass is 361 g/mol. The van der Waals surface area contributed by atoms with Crippen LogP contribution in [-0.4, -0.2) is 16.6 Å². The largest absolute Gasteiger partial charge is 0.455 e. The van der Waals surface area contributed by atoms with E-state index >= 15 is 0 Å². The molecule has 0 unspecified atom stereocenters. The van der Waals surface area contributed by atoms with Gasteiger partial charge in [0.05, 0.1) is 0 Å². The molecule has 0 saturated carbocycles. The summed E-state index contributed by atoms with van der Waals surface area (Å²) < 4.78 is 19.2. The molecule has 1 aromatic carbocycles. The number of ether oxygens (including phenoxy) is 1. The quantitative estimate of drug-likeness (QED) is 0.619. The number of carbonyl (C=O) groups is 1. The minimum Gasteiger partial charge on any atom is -0.455 e. The normalized spacial score (nSPS) is 11.8. The molecule has 96 valence electrons. The summed E-state index contributed by atoms with van der Waals surface area (Å²) in [7, 11) is 0. The first-order valence-electron chi connectivity index (χ1n) is 5.47. The van der Waals surface area contributed by atoms with Gasteiger partial charge in [0.15, 0.2) is 0 Å². The molecule has 0 aliphatic rings. The van der Waals surface area contributed by atoms with Gasteiger partial charge in [0.1, 0.15) is 17.1 Å². The van der Waals surface area contributed by atoms with Crippen LogP contribution < -0.4 is 0 Å². The zero-order chi connectivity index (χ0) is 13.5. The van der Waals surface area contributed by atoms with Gasteiger partial charge in [0.25, 0.3) is 0 Å². The fourth-order valence-corrected chi connectivity index (χ4v) is 2.06. The van der Waals surface area contributed by atoms with E-state index in [1.165, 1.54) is 6.07 Å². The third-order valence-electron chi connectivity index (χ3n) is 2.28. The molecule has 5 heteroatoms. The number of aromatic nitrogens is 1. The van der Waals surface area contributed by atoms with Gasteiger partial charge in [-0.15, -0.1) is 0 Å². The van der Waals surface area contributed by atoms with Crippen LogP contribution in [0.4, 0.5) is 4.39 Å². The van der Waals surface area contributed by atoms with Crippen molar-refractivity contribution in [3.63, 3.8) is 0 Å². The fraction of sp³-hybridized carbons (Fsp3) is 0.308. The number of rotatable bonds is 1. The molecule has 0 bridgehead atoms. The summed E-state index contributed by atoms with van der Waals surface area (Å²) in [5.41, 5.74) is 0.378. The molecule has 2 aromatic rings. The first kappa shape index (κ1) is 13.3. The van der Waals surface area contributed by atoms with Crippen LogP contribution in [0.25, 0.3) is 10.9 Å². The summed E-state index contributed by atoms with van der Waals surface area (Å²) in [5, 5.41) is 0.793. The molecule has 0 saturated heterocycles. The van der Waals surface area contributed by atoms with Crippen molar-refractivity contribution in [3.05, 3.63) is 33.3 Å². The van der Waals surface area contributed by atoms with Crippen LogP contribution in [0.15, 0.2) is 18.2 Å². The number of halogens is 2. The van der Waals surface area contributed by atoms with Gasteiger partial charge in [0.2, 0.25) is 0 Å². The average Bonchev–Trinajstić information content (AvgIpc) is 2.59. The molecule has 0 aliphatic carbocycles. The highest BCUT2D eigenvalue weighted by atomic mass is 127. The predicted octanol–water partition coefficient (Wildman–Crippen LogP) is 3.87. The van der Waals surface area contributed by atoms with Gasteiger partial charge in [-0.25, -0.2) is 9.18 Å². The lowest BCUT2D eigenvalue weighted by Gasteiger charge is -2.18. The number of H-pyrrole nitrogens is 1. The van der Waals surface area contributed by atoms with Gasteiger partial charge >= 0.3 is 5.97 Å². The van der Waals surface area contributed by atoms with Crippen molar-refractivity contribution >= 4 is 39.5 Å². The van der Waals surface area contributed by atoms with Crippen molar-refractivity contribution in [2.45, 2.75) is 26.4 Å². The Labute approximate surface area is 118 Å². The number of hydrogen-bond donors (Lipinski definition) is 1. The number of carbonyl (C=O) groups excluding carboxylic acids is 1. The van der Waals surface area contributed by atoms with Crippen LogP contribution in [0.1, 0.15) is 31.3 Å². The molecule has 0 atom stereocenters. The Hall–Kier alpha value is -1.11. The van der Waals surface area contributed by atoms with E-state index in [1.807, 2.05) is 22.6 Å². The number of nitrogens with one attached hydrogen (secondary N) is 1. The fourth-order valence-electron chi connectivity index (χ4n) is 1.57. The average molecular weight is 361 g/mol. The smallest absolute Gasteiger partial charge is 0.355 e. The Bertz CT molecular complexity index is 574. The van der Waals surface area contributed by atoms with Gasteiger partial charge < -0.3 is 9.72 Å². The molecule has 1 N–H and O–H groups in total. The molecule has 18 heavy (non-hydrogen) atoms. The second kappa shape index (κ2) is 4.53. The lowest BCUT2D eigenvalue weighted by molar-refractivity contribution is 0.00639. The summed E-state index contributed by atoms with van der Waals surface area (Å²) in [5.74, 6) is -0.741. The molecule has 1 heterocycles. The highest BCUT2D eigenvalue weighted by Crippen LogP contribution is 2.22. The van der Waals surface area contributed by atoms with Gasteiger partial charge in [-0.3, -0.25) is 0 Å². The maximum absolute atomic E-state index is 13.4. The Morgan fingerprint density at radius 1 is 1.33 bits per heavy atom. The SMILES string of the molecule is CC(C)(C)OC(=O)c1cc2cc(I)c(F)cc2[nH]1. The number of esters is 1.